The first-order valence-corrected chi connectivity index (χ1v) is 8.67. The van der Waals surface area contributed by atoms with Gasteiger partial charge in [-0.05, 0) is 12.1 Å². The Bertz CT molecular complexity index is 988. The molecule has 0 radical (unpaired) electrons. The topological polar surface area (TPSA) is 97.7 Å². The third-order valence-corrected chi connectivity index (χ3v) is 4.24. The number of H-pyrrole nitrogens is 1. The van der Waals surface area contributed by atoms with Crippen LogP contribution in [0, 0.1) is 0 Å². The molecule has 0 amide bonds. The number of rotatable bonds is 4. The fourth-order valence-corrected chi connectivity index (χ4v) is 2.73. The minimum Gasteiger partial charge on any atom is -0.346 e. The van der Waals surface area contributed by atoms with Crippen molar-refractivity contribution < 1.29 is 8.42 Å². The quantitative estimate of drug-likeness (QED) is 0.768. The predicted molar refractivity (Wildman–Crippen MR) is 83.3 cm³/mol. The molecule has 22 heavy (non-hydrogen) atoms. The molecule has 0 atom stereocenters. The highest BCUT2D eigenvalue weighted by atomic mass is 32.2. The van der Waals surface area contributed by atoms with E-state index < -0.39 is 9.84 Å². The zero-order chi connectivity index (χ0) is 15.7. The average Bonchev–Trinajstić information content (AvgIpc) is 2.94. The Kier molecular flexibility index (Phi) is 3.53. The number of nitrogens with zero attached hydrogens (tertiary/aromatic N) is 3. The fraction of sp³-hybridized carbons (Fsp3) is 0.214. The molecule has 0 saturated heterocycles. The van der Waals surface area contributed by atoms with Gasteiger partial charge in [0.05, 0.1) is 17.6 Å². The van der Waals surface area contributed by atoms with Gasteiger partial charge in [-0.2, -0.15) is 0 Å². The van der Waals surface area contributed by atoms with Crippen LogP contribution in [-0.4, -0.2) is 39.9 Å². The molecule has 0 aliphatic heterocycles. The summed E-state index contributed by atoms with van der Waals surface area (Å²) < 4.78 is 23.9. The van der Waals surface area contributed by atoms with Crippen LogP contribution in [0.5, 0.6) is 0 Å². The molecule has 3 aromatic heterocycles. The zero-order valence-corrected chi connectivity index (χ0v) is 12.7. The van der Waals surface area contributed by atoms with E-state index in [0.717, 1.165) is 22.9 Å². The molecule has 0 aliphatic rings. The Balaban J connectivity index is 2.05. The molecule has 0 aliphatic carbocycles. The number of hydrogen-bond donors (Lipinski definition) is 1. The molecule has 3 aromatic rings. The summed E-state index contributed by atoms with van der Waals surface area (Å²) in [5.74, 6) is -0.0910. The van der Waals surface area contributed by atoms with Crippen molar-refractivity contribution in [1.29, 1.82) is 0 Å². The molecule has 0 aromatic carbocycles. The number of hydrogen-bond acceptors (Lipinski definition) is 5. The molecule has 0 spiro atoms. The van der Waals surface area contributed by atoms with Crippen molar-refractivity contribution in [3.05, 3.63) is 47.3 Å². The number of aryl methyl sites for hydroxylation is 1. The lowest BCUT2D eigenvalue weighted by atomic mass is 10.1. The van der Waals surface area contributed by atoms with Gasteiger partial charge in [0, 0.05) is 42.3 Å². The van der Waals surface area contributed by atoms with Gasteiger partial charge in [-0.15, -0.1) is 0 Å². The van der Waals surface area contributed by atoms with Crippen molar-refractivity contribution >= 4 is 20.9 Å². The third-order valence-electron chi connectivity index (χ3n) is 3.31. The second-order valence-electron chi connectivity index (χ2n) is 5.03. The van der Waals surface area contributed by atoms with Gasteiger partial charge in [-0.3, -0.25) is 4.79 Å². The lowest BCUT2D eigenvalue weighted by molar-refractivity contribution is 0.592. The van der Waals surface area contributed by atoms with Gasteiger partial charge in [0.15, 0.2) is 0 Å². The van der Waals surface area contributed by atoms with E-state index in [1.807, 2.05) is 12.1 Å². The Morgan fingerprint density at radius 3 is 2.86 bits per heavy atom. The maximum atomic E-state index is 11.8. The van der Waals surface area contributed by atoms with E-state index in [4.69, 9.17) is 0 Å². The van der Waals surface area contributed by atoms with Crippen LogP contribution in [0.2, 0.25) is 0 Å². The van der Waals surface area contributed by atoms with Crippen LogP contribution in [0.25, 0.3) is 22.3 Å². The van der Waals surface area contributed by atoms with Crippen molar-refractivity contribution in [2.24, 2.45) is 0 Å². The first-order valence-electron chi connectivity index (χ1n) is 6.61. The van der Waals surface area contributed by atoms with Crippen molar-refractivity contribution in [3.63, 3.8) is 0 Å². The van der Waals surface area contributed by atoms with Gasteiger partial charge in [0.2, 0.25) is 0 Å². The highest BCUT2D eigenvalue weighted by Gasteiger charge is 2.10. The highest BCUT2D eigenvalue weighted by molar-refractivity contribution is 7.90. The van der Waals surface area contributed by atoms with E-state index >= 15 is 0 Å². The summed E-state index contributed by atoms with van der Waals surface area (Å²) in [6.07, 6.45) is 7.36. The van der Waals surface area contributed by atoms with Crippen LogP contribution in [0.15, 0.2) is 41.7 Å². The lowest BCUT2D eigenvalue weighted by Gasteiger charge is -2.08. The Hall–Kier alpha value is -2.48. The van der Waals surface area contributed by atoms with Gasteiger partial charge in [0.25, 0.3) is 5.56 Å². The van der Waals surface area contributed by atoms with Crippen molar-refractivity contribution in [2.45, 2.75) is 6.54 Å². The summed E-state index contributed by atoms with van der Waals surface area (Å²) in [4.78, 5) is 23.2. The van der Waals surface area contributed by atoms with Crippen LogP contribution >= 0.6 is 0 Å². The zero-order valence-electron chi connectivity index (χ0n) is 11.9. The number of pyridine rings is 1. The van der Waals surface area contributed by atoms with Gasteiger partial charge in [-0.25, -0.2) is 18.4 Å². The number of sulfone groups is 1. The molecule has 8 heteroatoms. The third kappa shape index (κ3) is 2.91. The largest absolute Gasteiger partial charge is 0.346 e. The van der Waals surface area contributed by atoms with E-state index in [2.05, 4.69) is 15.0 Å². The van der Waals surface area contributed by atoms with Crippen LogP contribution in [-0.2, 0) is 16.4 Å². The van der Waals surface area contributed by atoms with Crippen molar-refractivity contribution in [1.82, 2.24) is 19.5 Å². The van der Waals surface area contributed by atoms with E-state index in [1.165, 1.54) is 10.8 Å². The summed E-state index contributed by atoms with van der Waals surface area (Å²) in [5.41, 5.74) is 1.83. The average molecular weight is 318 g/mol. The molecular weight excluding hydrogens is 304 g/mol. The Labute approximate surface area is 126 Å². The Morgan fingerprint density at radius 2 is 2.09 bits per heavy atom. The molecule has 114 valence electrons. The summed E-state index contributed by atoms with van der Waals surface area (Å²) in [6.45, 7) is 0.106. The first-order chi connectivity index (χ1) is 10.4. The molecule has 0 unspecified atom stereocenters. The van der Waals surface area contributed by atoms with Crippen LogP contribution in [0.3, 0.4) is 0 Å². The lowest BCUT2D eigenvalue weighted by Crippen LogP contribution is -2.23. The number of nitrogens with one attached hydrogen (secondary N) is 1. The highest BCUT2D eigenvalue weighted by Crippen LogP contribution is 2.24. The van der Waals surface area contributed by atoms with E-state index in [0.29, 0.717) is 5.69 Å². The summed E-state index contributed by atoms with van der Waals surface area (Å²) in [5, 5.41) is 0.892. The van der Waals surface area contributed by atoms with E-state index in [9.17, 15) is 13.2 Å². The first kappa shape index (κ1) is 14.5. The molecule has 0 bridgehead atoms. The molecule has 0 saturated carbocycles. The van der Waals surface area contributed by atoms with Gasteiger partial charge < -0.3 is 9.55 Å². The standard InChI is InChI=1S/C14H14N4O3S/c1-22(20,21)7-6-18-9-12(17-8-13(18)19)10-2-4-15-14-11(10)3-5-16-14/h2-5,8-9H,6-7H2,1H3,(H,15,16). The van der Waals surface area contributed by atoms with E-state index in [-0.39, 0.29) is 17.9 Å². The maximum absolute atomic E-state index is 11.8. The van der Waals surface area contributed by atoms with Crippen molar-refractivity contribution in [2.75, 3.05) is 12.0 Å². The monoisotopic (exact) mass is 318 g/mol. The summed E-state index contributed by atoms with van der Waals surface area (Å²) >= 11 is 0. The summed E-state index contributed by atoms with van der Waals surface area (Å²) in [6, 6.07) is 3.69. The number of aromatic nitrogens is 4. The predicted octanol–water partition coefficient (Wildman–Crippen LogP) is 0.831. The Morgan fingerprint density at radius 1 is 1.27 bits per heavy atom. The van der Waals surface area contributed by atoms with Gasteiger partial charge in [0.1, 0.15) is 15.5 Å². The van der Waals surface area contributed by atoms with Crippen LogP contribution in [0.1, 0.15) is 0 Å². The fourth-order valence-electron chi connectivity index (χ4n) is 2.21. The molecule has 0 fully saturated rings. The van der Waals surface area contributed by atoms with Crippen LogP contribution < -0.4 is 5.56 Å². The molecular formula is C14H14N4O3S. The summed E-state index contributed by atoms with van der Waals surface area (Å²) in [7, 11) is -3.14. The normalized spacial score (nSPS) is 11.9. The molecule has 3 heterocycles. The van der Waals surface area contributed by atoms with Gasteiger partial charge in [-0.1, -0.05) is 0 Å². The minimum absolute atomic E-state index is 0.0910. The SMILES string of the molecule is CS(=O)(=O)CCn1cc(-c2ccnc3[nH]ccc23)ncc1=O. The number of fused-ring (bicyclic) bond motifs is 1. The van der Waals surface area contributed by atoms with Crippen LogP contribution in [0.4, 0.5) is 0 Å². The smallest absolute Gasteiger partial charge is 0.269 e. The van der Waals surface area contributed by atoms with Gasteiger partial charge >= 0.3 is 0 Å². The van der Waals surface area contributed by atoms with Crippen molar-refractivity contribution in [3.8, 4) is 11.3 Å². The minimum atomic E-state index is -3.14. The number of aromatic amines is 1. The molecule has 7 nitrogen and oxygen atoms in total. The second kappa shape index (κ2) is 5.38. The molecule has 1 N–H and O–H groups in total. The van der Waals surface area contributed by atoms with E-state index in [1.54, 1.807) is 18.6 Å². The molecule has 3 rings (SSSR count). The maximum Gasteiger partial charge on any atom is 0.269 e. The second-order valence-corrected chi connectivity index (χ2v) is 7.29.